The summed E-state index contributed by atoms with van der Waals surface area (Å²) in [5.74, 6) is 0.0913. The van der Waals surface area contributed by atoms with Gasteiger partial charge in [0.2, 0.25) is 5.28 Å². The zero-order chi connectivity index (χ0) is 16.9. The van der Waals surface area contributed by atoms with Crippen molar-refractivity contribution < 1.29 is 13.2 Å². The van der Waals surface area contributed by atoms with Gasteiger partial charge in [-0.2, -0.15) is 17.7 Å². The molecule has 0 amide bonds. The first-order valence-corrected chi connectivity index (χ1v) is 7.15. The third-order valence-electron chi connectivity index (χ3n) is 3.46. The van der Waals surface area contributed by atoms with Crippen molar-refractivity contribution in [1.82, 2.24) is 24.6 Å². The number of pyridine rings is 1. The Balaban J connectivity index is 1.96. The van der Waals surface area contributed by atoms with Crippen molar-refractivity contribution in [3.05, 3.63) is 53.6 Å². The predicted octanol–water partition coefficient (Wildman–Crippen LogP) is 4.01. The third kappa shape index (κ3) is 2.35. The van der Waals surface area contributed by atoms with Crippen molar-refractivity contribution in [3.63, 3.8) is 0 Å². The number of nitrogens with zero attached hydrogens (tertiary/aromatic N) is 5. The van der Waals surface area contributed by atoms with Gasteiger partial charge in [-0.25, -0.2) is 9.97 Å². The molecule has 120 valence electrons. The quantitative estimate of drug-likeness (QED) is 0.487. The van der Waals surface area contributed by atoms with Gasteiger partial charge in [0.15, 0.2) is 11.5 Å². The maximum absolute atomic E-state index is 12.8. The molecule has 0 fully saturated rings. The smallest absolute Gasteiger partial charge is 0.263 e. The van der Waals surface area contributed by atoms with Crippen LogP contribution in [0.5, 0.6) is 0 Å². The van der Waals surface area contributed by atoms with Crippen molar-refractivity contribution in [2.45, 2.75) is 6.18 Å². The Hall–Kier alpha value is -2.74. The van der Waals surface area contributed by atoms with Gasteiger partial charge in [0, 0.05) is 23.3 Å². The van der Waals surface area contributed by atoms with E-state index in [0.29, 0.717) is 16.6 Å². The van der Waals surface area contributed by atoms with Gasteiger partial charge in [-0.05, 0) is 29.8 Å². The summed E-state index contributed by atoms with van der Waals surface area (Å²) in [5, 5.41) is 4.93. The fourth-order valence-electron chi connectivity index (χ4n) is 2.36. The van der Waals surface area contributed by atoms with Crippen molar-refractivity contribution in [1.29, 1.82) is 0 Å². The Labute approximate surface area is 137 Å². The Kier molecular flexibility index (Phi) is 3.17. The Morgan fingerprint density at radius 3 is 2.62 bits per heavy atom. The summed E-state index contributed by atoms with van der Waals surface area (Å²) < 4.78 is 39.8. The largest absolute Gasteiger partial charge is 0.417 e. The minimum Gasteiger partial charge on any atom is -0.263 e. The molecule has 3 heterocycles. The van der Waals surface area contributed by atoms with E-state index in [-0.39, 0.29) is 16.7 Å². The number of fused-ring (bicyclic) bond motifs is 3. The lowest BCUT2D eigenvalue weighted by atomic mass is 10.2. The van der Waals surface area contributed by atoms with E-state index in [1.807, 2.05) is 0 Å². The zero-order valence-electron chi connectivity index (χ0n) is 11.8. The first-order valence-electron chi connectivity index (χ1n) is 6.77. The zero-order valence-corrected chi connectivity index (χ0v) is 12.5. The van der Waals surface area contributed by atoms with Crippen LogP contribution in [0.15, 0.2) is 42.7 Å². The number of halogens is 4. The maximum atomic E-state index is 12.8. The molecule has 3 aromatic heterocycles. The molecular formula is C15H7ClF3N5. The number of hydrogen-bond donors (Lipinski definition) is 0. The fourth-order valence-corrected chi connectivity index (χ4v) is 2.57. The molecule has 0 aliphatic carbocycles. The number of benzene rings is 1. The normalized spacial score (nSPS) is 12.2. The van der Waals surface area contributed by atoms with Crippen LogP contribution in [0, 0.1) is 0 Å². The molecule has 0 unspecified atom stereocenters. The van der Waals surface area contributed by atoms with Gasteiger partial charge in [0.05, 0.1) is 11.1 Å². The molecule has 5 nitrogen and oxygen atoms in total. The summed E-state index contributed by atoms with van der Waals surface area (Å²) >= 11 is 6.09. The first-order chi connectivity index (χ1) is 11.4. The van der Waals surface area contributed by atoms with E-state index in [4.69, 9.17) is 11.6 Å². The summed E-state index contributed by atoms with van der Waals surface area (Å²) in [6.07, 6.45) is -2.47. The summed E-state index contributed by atoms with van der Waals surface area (Å²) in [5.41, 5.74) is 0.315. The van der Waals surface area contributed by atoms with Gasteiger partial charge in [0.1, 0.15) is 0 Å². The number of hydrogen-bond acceptors (Lipinski definition) is 4. The third-order valence-corrected chi connectivity index (χ3v) is 3.71. The Morgan fingerprint density at radius 2 is 1.83 bits per heavy atom. The lowest BCUT2D eigenvalue weighted by Gasteiger charge is -2.06. The molecule has 24 heavy (non-hydrogen) atoms. The first kappa shape index (κ1) is 14.8. The van der Waals surface area contributed by atoms with Crippen LogP contribution < -0.4 is 0 Å². The van der Waals surface area contributed by atoms with E-state index < -0.39 is 11.7 Å². The van der Waals surface area contributed by atoms with Crippen molar-refractivity contribution in [2.75, 3.05) is 0 Å². The second-order valence-electron chi connectivity index (χ2n) is 5.03. The highest BCUT2D eigenvalue weighted by Crippen LogP contribution is 2.31. The minimum absolute atomic E-state index is 0.0717. The summed E-state index contributed by atoms with van der Waals surface area (Å²) in [7, 11) is 0. The molecule has 0 saturated heterocycles. The Bertz CT molecular complexity index is 1070. The van der Waals surface area contributed by atoms with Crippen molar-refractivity contribution >= 4 is 28.2 Å². The monoisotopic (exact) mass is 349 g/mol. The highest BCUT2D eigenvalue weighted by atomic mass is 35.5. The van der Waals surface area contributed by atoms with Crippen LogP contribution in [-0.2, 0) is 6.18 Å². The molecule has 9 heteroatoms. The molecule has 0 saturated carbocycles. The van der Waals surface area contributed by atoms with Gasteiger partial charge in [0.25, 0.3) is 0 Å². The van der Waals surface area contributed by atoms with E-state index in [2.05, 4.69) is 20.1 Å². The molecule has 0 N–H and O–H groups in total. The summed E-state index contributed by atoms with van der Waals surface area (Å²) in [4.78, 5) is 12.1. The molecule has 0 aliphatic heterocycles. The van der Waals surface area contributed by atoms with Crippen LogP contribution in [0.3, 0.4) is 0 Å². The van der Waals surface area contributed by atoms with Crippen LogP contribution >= 0.6 is 11.6 Å². The number of para-hydroxylation sites is 1. The second kappa shape index (κ2) is 5.13. The average molecular weight is 350 g/mol. The van der Waals surface area contributed by atoms with E-state index in [1.54, 1.807) is 24.3 Å². The molecule has 0 spiro atoms. The van der Waals surface area contributed by atoms with Gasteiger partial charge in [-0.1, -0.05) is 12.1 Å². The van der Waals surface area contributed by atoms with Crippen LogP contribution in [0.1, 0.15) is 5.56 Å². The minimum atomic E-state index is -4.49. The van der Waals surface area contributed by atoms with E-state index in [0.717, 1.165) is 12.3 Å². The van der Waals surface area contributed by atoms with E-state index in [9.17, 15) is 13.2 Å². The molecule has 0 radical (unpaired) electrons. The SMILES string of the molecule is FC(F)(F)c1cncc(-c2nc3c4ccccc4nc(Cl)n3n2)c1. The standard InChI is InChI=1S/C15H7ClF3N5/c16-14-21-11-4-2-1-3-10(11)13-22-12(23-24(13)14)8-5-9(7-20-6-8)15(17,18)19/h1-7H. The number of alkyl halides is 3. The van der Waals surface area contributed by atoms with Crippen LogP contribution in [0.4, 0.5) is 13.2 Å². The van der Waals surface area contributed by atoms with Gasteiger partial charge < -0.3 is 0 Å². The van der Waals surface area contributed by atoms with Gasteiger partial charge in [-0.15, -0.1) is 5.10 Å². The highest BCUT2D eigenvalue weighted by molar-refractivity contribution is 6.29. The lowest BCUT2D eigenvalue weighted by Crippen LogP contribution is -2.05. The maximum Gasteiger partial charge on any atom is 0.417 e. The second-order valence-corrected chi connectivity index (χ2v) is 5.37. The van der Waals surface area contributed by atoms with Crippen LogP contribution in [-0.4, -0.2) is 24.6 Å². The molecular weight excluding hydrogens is 343 g/mol. The molecule has 4 rings (SSSR count). The van der Waals surface area contributed by atoms with E-state index >= 15 is 0 Å². The molecule has 1 aromatic carbocycles. The van der Waals surface area contributed by atoms with Crippen LogP contribution in [0.25, 0.3) is 27.9 Å². The van der Waals surface area contributed by atoms with Crippen molar-refractivity contribution in [2.24, 2.45) is 0 Å². The van der Waals surface area contributed by atoms with Crippen molar-refractivity contribution in [3.8, 4) is 11.4 Å². The fraction of sp³-hybridized carbons (Fsp3) is 0.0667. The van der Waals surface area contributed by atoms with Gasteiger partial charge in [-0.3, -0.25) is 4.98 Å². The van der Waals surface area contributed by atoms with E-state index in [1.165, 1.54) is 10.7 Å². The number of rotatable bonds is 1. The molecule has 0 atom stereocenters. The van der Waals surface area contributed by atoms with Crippen LogP contribution in [0.2, 0.25) is 5.28 Å². The molecule has 0 bridgehead atoms. The Morgan fingerprint density at radius 1 is 1.04 bits per heavy atom. The number of aromatic nitrogens is 5. The summed E-state index contributed by atoms with van der Waals surface area (Å²) in [6, 6.07) is 8.11. The average Bonchev–Trinajstić information content (AvgIpc) is 3.01. The van der Waals surface area contributed by atoms with Gasteiger partial charge >= 0.3 is 6.18 Å². The topological polar surface area (TPSA) is 56.0 Å². The highest BCUT2D eigenvalue weighted by Gasteiger charge is 2.31. The molecule has 4 aromatic rings. The molecule has 0 aliphatic rings. The summed E-state index contributed by atoms with van der Waals surface area (Å²) in [6.45, 7) is 0. The predicted molar refractivity (Wildman–Crippen MR) is 81.5 cm³/mol. The lowest BCUT2D eigenvalue weighted by molar-refractivity contribution is -0.137.